The molecular formula is C18H30N4O3S. The third-order valence-corrected chi connectivity index (χ3v) is 5.59. The van der Waals surface area contributed by atoms with E-state index in [1.54, 1.807) is 19.9 Å². The van der Waals surface area contributed by atoms with Gasteiger partial charge in [-0.3, -0.25) is 9.59 Å². The minimum Gasteiger partial charge on any atom is -0.360 e. The smallest absolute Gasteiger partial charge is 0.238 e. The maximum absolute atomic E-state index is 12.0. The summed E-state index contributed by atoms with van der Waals surface area (Å²) >= 11 is 1.30. The van der Waals surface area contributed by atoms with Gasteiger partial charge < -0.3 is 20.5 Å². The van der Waals surface area contributed by atoms with E-state index in [-0.39, 0.29) is 22.8 Å². The topological polar surface area (TPSA) is 96.3 Å². The van der Waals surface area contributed by atoms with E-state index in [0.29, 0.717) is 24.2 Å². The number of carbonyl (C=O) groups is 2. The summed E-state index contributed by atoms with van der Waals surface area (Å²) < 4.78 is 4.91. The highest BCUT2D eigenvalue weighted by Gasteiger charge is 2.17. The van der Waals surface area contributed by atoms with Crippen LogP contribution < -0.4 is 16.0 Å². The van der Waals surface area contributed by atoms with Gasteiger partial charge in [-0.05, 0) is 26.7 Å². The van der Waals surface area contributed by atoms with Crippen LogP contribution >= 0.6 is 11.8 Å². The van der Waals surface area contributed by atoms with Crippen LogP contribution in [0.15, 0.2) is 10.6 Å². The van der Waals surface area contributed by atoms with Crippen LogP contribution in [0.2, 0.25) is 0 Å². The second kappa shape index (κ2) is 11.2. The summed E-state index contributed by atoms with van der Waals surface area (Å²) in [5.74, 6) is 1.06. The zero-order valence-corrected chi connectivity index (χ0v) is 16.5. The van der Waals surface area contributed by atoms with Gasteiger partial charge in [-0.2, -0.15) is 0 Å². The van der Waals surface area contributed by atoms with Crippen molar-refractivity contribution in [2.45, 2.75) is 63.7 Å². The van der Waals surface area contributed by atoms with Gasteiger partial charge >= 0.3 is 0 Å². The van der Waals surface area contributed by atoms with E-state index in [2.05, 4.69) is 21.1 Å². The standard InChI is InChI=1S/C18H30N4O3S/c1-13-11-16(22-25-13)21-18(24)14(2)26-12-17(23)20-10-9-19-15-7-5-3-4-6-8-15/h11,14-15,19H,3-10,12H2,1-2H3,(H,20,23)(H,21,22,24). The first-order valence-electron chi connectivity index (χ1n) is 9.40. The Morgan fingerprint density at radius 1 is 1.27 bits per heavy atom. The average Bonchev–Trinajstić information content (AvgIpc) is 2.86. The molecule has 1 heterocycles. The van der Waals surface area contributed by atoms with Crippen molar-refractivity contribution in [3.63, 3.8) is 0 Å². The molecule has 146 valence electrons. The van der Waals surface area contributed by atoms with Crippen LogP contribution in [-0.4, -0.2) is 47.1 Å². The van der Waals surface area contributed by atoms with Crippen molar-refractivity contribution in [2.24, 2.45) is 0 Å². The monoisotopic (exact) mass is 382 g/mol. The molecule has 26 heavy (non-hydrogen) atoms. The Balaban J connectivity index is 1.55. The molecule has 1 atom stereocenters. The molecule has 1 unspecified atom stereocenters. The number of aryl methyl sites for hydroxylation is 1. The SMILES string of the molecule is Cc1cc(NC(=O)C(C)SCC(=O)NCCNC2CCCCCC2)no1. The lowest BCUT2D eigenvalue weighted by Crippen LogP contribution is -2.37. The van der Waals surface area contributed by atoms with Gasteiger partial charge in [0.05, 0.1) is 11.0 Å². The summed E-state index contributed by atoms with van der Waals surface area (Å²) in [5, 5.41) is 12.5. The Morgan fingerprint density at radius 3 is 2.65 bits per heavy atom. The highest BCUT2D eigenvalue weighted by molar-refractivity contribution is 8.01. The molecule has 0 bridgehead atoms. The van der Waals surface area contributed by atoms with Crippen molar-refractivity contribution < 1.29 is 14.1 Å². The first-order chi connectivity index (χ1) is 12.5. The molecule has 1 fully saturated rings. The first-order valence-corrected chi connectivity index (χ1v) is 10.5. The highest BCUT2D eigenvalue weighted by Crippen LogP contribution is 2.17. The fourth-order valence-corrected chi connectivity index (χ4v) is 3.66. The van der Waals surface area contributed by atoms with Crippen LogP contribution in [0.3, 0.4) is 0 Å². The van der Waals surface area contributed by atoms with E-state index in [1.807, 2.05) is 0 Å². The predicted molar refractivity (Wildman–Crippen MR) is 104 cm³/mol. The molecule has 8 heteroatoms. The van der Waals surface area contributed by atoms with Crippen molar-refractivity contribution in [3.8, 4) is 0 Å². The van der Waals surface area contributed by atoms with Gasteiger partial charge in [0.1, 0.15) is 5.76 Å². The molecule has 0 radical (unpaired) electrons. The Morgan fingerprint density at radius 2 is 2.00 bits per heavy atom. The van der Waals surface area contributed by atoms with E-state index >= 15 is 0 Å². The number of anilines is 1. The van der Waals surface area contributed by atoms with E-state index in [4.69, 9.17) is 4.52 Å². The van der Waals surface area contributed by atoms with Gasteiger partial charge in [0, 0.05) is 25.2 Å². The summed E-state index contributed by atoms with van der Waals surface area (Å²) in [7, 11) is 0. The molecule has 1 aliphatic carbocycles. The highest BCUT2D eigenvalue weighted by atomic mass is 32.2. The Hall–Kier alpha value is -1.54. The predicted octanol–water partition coefficient (Wildman–Crippen LogP) is 2.47. The van der Waals surface area contributed by atoms with Gasteiger partial charge in [-0.25, -0.2) is 0 Å². The van der Waals surface area contributed by atoms with Crippen molar-refractivity contribution in [3.05, 3.63) is 11.8 Å². The normalized spacial score (nSPS) is 16.7. The fraction of sp³-hybridized carbons (Fsp3) is 0.722. The Labute approximate surface area is 159 Å². The van der Waals surface area contributed by atoms with Gasteiger partial charge in [0.2, 0.25) is 11.8 Å². The summed E-state index contributed by atoms with van der Waals surface area (Å²) in [6, 6.07) is 2.25. The van der Waals surface area contributed by atoms with E-state index < -0.39 is 0 Å². The number of nitrogens with zero attached hydrogens (tertiary/aromatic N) is 1. The van der Waals surface area contributed by atoms with E-state index in [1.165, 1.54) is 50.3 Å². The Bertz CT molecular complexity index is 571. The van der Waals surface area contributed by atoms with Crippen LogP contribution in [0.4, 0.5) is 5.82 Å². The quantitative estimate of drug-likeness (QED) is 0.448. The Kier molecular flexibility index (Phi) is 8.97. The number of thioether (sulfide) groups is 1. The van der Waals surface area contributed by atoms with Crippen molar-refractivity contribution in [2.75, 3.05) is 24.2 Å². The number of hydrogen-bond donors (Lipinski definition) is 3. The van der Waals surface area contributed by atoms with Gasteiger partial charge in [0.25, 0.3) is 0 Å². The molecule has 1 aromatic rings. The van der Waals surface area contributed by atoms with Crippen LogP contribution in [0, 0.1) is 6.92 Å². The molecule has 7 nitrogen and oxygen atoms in total. The van der Waals surface area contributed by atoms with Gasteiger partial charge in [0.15, 0.2) is 5.82 Å². The zero-order valence-electron chi connectivity index (χ0n) is 15.7. The molecular weight excluding hydrogens is 352 g/mol. The molecule has 2 amide bonds. The van der Waals surface area contributed by atoms with Crippen LogP contribution in [-0.2, 0) is 9.59 Å². The van der Waals surface area contributed by atoms with E-state index in [9.17, 15) is 9.59 Å². The zero-order chi connectivity index (χ0) is 18.8. The maximum Gasteiger partial charge on any atom is 0.238 e. The molecule has 1 aromatic heterocycles. The summed E-state index contributed by atoms with van der Waals surface area (Å²) in [5.41, 5.74) is 0. The lowest BCUT2D eigenvalue weighted by Gasteiger charge is -2.16. The number of amides is 2. The second-order valence-electron chi connectivity index (χ2n) is 6.76. The third-order valence-electron chi connectivity index (χ3n) is 4.45. The van der Waals surface area contributed by atoms with E-state index in [0.717, 1.165) is 6.54 Å². The fourth-order valence-electron chi connectivity index (χ4n) is 2.94. The summed E-state index contributed by atoms with van der Waals surface area (Å²) in [6.45, 7) is 4.95. The minimum atomic E-state index is -0.345. The maximum atomic E-state index is 12.0. The second-order valence-corrected chi connectivity index (χ2v) is 8.09. The molecule has 0 aliphatic heterocycles. The average molecular weight is 383 g/mol. The molecule has 2 rings (SSSR count). The minimum absolute atomic E-state index is 0.0467. The number of rotatable bonds is 9. The van der Waals surface area contributed by atoms with Crippen LogP contribution in [0.1, 0.15) is 51.2 Å². The molecule has 1 aliphatic rings. The lowest BCUT2D eigenvalue weighted by atomic mass is 10.1. The van der Waals surface area contributed by atoms with Crippen molar-refractivity contribution in [1.82, 2.24) is 15.8 Å². The summed E-state index contributed by atoms with van der Waals surface area (Å²) in [4.78, 5) is 24.0. The summed E-state index contributed by atoms with van der Waals surface area (Å²) in [6.07, 6.45) is 7.76. The van der Waals surface area contributed by atoms with Crippen molar-refractivity contribution >= 4 is 29.4 Å². The van der Waals surface area contributed by atoms with Crippen molar-refractivity contribution in [1.29, 1.82) is 0 Å². The molecule has 1 saturated carbocycles. The third kappa shape index (κ3) is 7.78. The molecule has 0 saturated heterocycles. The largest absolute Gasteiger partial charge is 0.360 e. The number of nitrogens with one attached hydrogen (secondary N) is 3. The van der Waals surface area contributed by atoms with Gasteiger partial charge in [-0.1, -0.05) is 30.8 Å². The molecule has 3 N–H and O–H groups in total. The lowest BCUT2D eigenvalue weighted by molar-refractivity contribution is -0.118. The number of aromatic nitrogens is 1. The van der Waals surface area contributed by atoms with Crippen LogP contribution in [0.25, 0.3) is 0 Å². The number of hydrogen-bond acceptors (Lipinski definition) is 6. The van der Waals surface area contributed by atoms with Crippen LogP contribution in [0.5, 0.6) is 0 Å². The van der Waals surface area contributed by atoms with Gasteiger partial charge in [-0.15, -0.1) is 11.8 Å². The first kappa shape index (κ1) is 20.8. The molecule has 0 spiro atoms. The molecule has 0 aromatic carbocycles. The number of carbonyl (C=O) groups excluding carboxylic acids is 2.